The maximum atomic E-state index is 11.8. The highest BCUT2D eigenvalue weighted by atomic mass is 16.5. The second kappa shape index (κ2) is 6.19. The van der Waals surface area contributed by atoms with Gasteiger partial charge >= 0.3 is 5.97 Å². The molecule has 0 aliphatic heterocycles. The molecule has 1 aliphatic rings. The molecule has 2 unspecified atom stereocenters. The first-order valence-corrected chi connectivity index (χ1v) is 6.99. The number of methoxy groups -OCH3 is 1. The first-order valence-electron chi connectivity index (χ1n) is 6.99. The van der Waals surface area contributed by atoms with E-state index in [4.69, 9.17) is 4.74 Å². The number of hydrogen-bond donors (Lipinski definition) is 1. The topological polar surface area (TPSA) is 56.2 Å². The second-order valence-electron chi connectivity index (χ2n) is 5.29. The number of aromatic nitrogens is 2. The summed E-state index contributed by atoms with van der Waals surface area (Å²) in [6.07, 6.45) is 7.15. The minimum atomic E-state index is -0.252. The van der Waals surface area contributed by atoms with Crippen LogP contribution in [0.15, 0.2) is 12.5 Å². The lowest BCUT2D eigenvalue weighted by atomic mass is 9.99. The van der Waals surface area contributed by atoms with Crippen LogP contribution in [-0.4, -0.2) is 28.7 Å². The lowest BCUT2D eigenvalue weighted by Crippen LogP contribution is -2.42. The molecule has 1 saturated carbocycles. The summed E-state index contributed by atoms with van der Waals surface area (Å²) in [6, 6.07) is 0.358. The van der Waals surface area contributed by atoms with Gasteiger partial charge in [-0.3, -0.25) is 10.1 Å². The number of imidazole rings is 1. The third-order valence-electron chi connectivity index (χ3n) is 3.86. The molecule has 1 aliphatic carbocycles. The normalized spacial score (nSPS) is 18.1. The van der Waals surface area contributed by atoms with Gasteiger partial charge in [-0.1, -0.05) is 20.3 Å². The van der Waals surface area contributed by atoms with Crippen molar-refractivity contribution < 1.29 is 9.53 Å². The number of hydrogen-bond acceptors (Lipinski definition) is 4. The fourth-order valence-corrected chi connectivity index (χ4v) is 2.24. The molecule has 5 nitrogen and oxygen atoms in total. The van der Waals surface area contributed by atoms with Crippen LogP contribution in [-0.2, 0) is 16.1 Å². The van der Waals surface area contributed by atoms with Gasteiger partial charge in [-0.25, -0.2) is 4.98 Å². The smallest absolute Gasteiger partial charge is 0.323 e. The summed E-state index contributed by atoms with van der Waals surface area (Å²) in [5, 5.41) is 3.31. The first-order chi connectivity index (χ1) is 9.17. The van der Waals surface area contributed by atoms with Gasteiger partial charge in [-0.05, 0) is 18.8 Å². The molecule has 1 N–H and O–H groups in total. The molecular weight excluding hydrogens is 242 g/mol. The molecule has 0 bridgehead atoms. The maximum absolute atomic E-state index is 11.8. The second-order valence-corrected chi connectivity index (χ2v) is 5.29. The summed E-state index contributed by atoms with van der Waals surface area (Å²) in [4.78, 5) is 16.0. The van der Waals surface area contributed by atoms with Crippen molar-refractivity contribution in [3.05, 3.63) is 18.2 Å². The Kier molecular flexibility index (Phi) is 4.58. The number of nitrogens with zero attached hydrogens (tertiary/aromatic N) is 2. The Bertz CT molecular complexity index is 426. The average Bonchev–Trinajstić information content (AvgIpc) is 3.17. The SMILES string of the molecule is CCC(C)C(NCc1cncn1C1CC1)C(=O)OC. The van der Waals surface area contributed by atoms with Crippen molar-refractivity contribution in [3.63, 3.8) is 0 Å². The van der Waals surface area contributed by atoms with Crippen LogP contribution in [0.2, 0.25) is 0 Å². The Morgan fingerprint density at radius 2 is 2.37 bits per heavy atom. The van der Waals surface area contributed by atoms with Crippen molar-refractivity contribution in [1.29, 1.82) is 0 Å². The van der Waals surface area contributed by atoms with Gasteiger partial charge in [-0.2, -0.15) is 0 Å². The third kappa shape index (κ3) is 3.35. The van der Waals surface area contributed by atoms with Gasteiger partial charge in [0.05, 0.1) is 19.1 Å². The zero-order chi connectivity index (χ0) is 13.8. The number of nitrogens with one attached hydrogen (secondary N) is 1. The van der Waals surface area contributed by atoms with Gasteiger partial charge in [0.25, 0.3) is 0 Å². The molecule has 2 rings (SSSR count). The van der Waals surface area contributed by atoms with E-state index in [1.807, 2.05) is 12.5 Å². The Labute approximate surface area is 114 Å². The van der Waals surface area contributed by atoms with Gasteiger partial charge in [0.1, 0.15) is 6.04 Å². The Morgan fingerprint density at radius 3 is 2.95 bits per heavy atom. The van der Waals surface area contributed by atoms with Crippen molar-refractivity contribution >= 4 is 5.97 Å². The predicted molar refractivity (Wildman–Crippen MR) is 72.6 cm³/mol. The highest BCUT2D eigenvalue weighted by Crippen LogP contribution is 2.35. The highest BCUT2D eigenvalue weighted by molar-refractivity contribution is 5.75. The Morgan fingerprint density at radius 1 is 1.63 bits per heavy atom. The van der Waals surface area contributed by atoms with E-state index >= 15 is 0 Å². The molecule has 1 aromatic rings. The van der Waals surface area contributed by atoms with E-state index < -0.39 is 0 Å². The molecule has 2 atom stereocenters. The minimum Gasteiger partial charge on any atom is -0.468 e. The molecule has 1 heterocycles. The molecule has 0 radical (unpaired) electrons. The van der Waals surface area contributed by atoms with Crippen LogP contribution >= 0.6 is 0 Å². The fraction of sp³-hybridized carbons (Fsp3) is 0.714. The van der Waals surface area contributed by atoms with Gasteiger partial charge in [0.15, 0.2) is 0 Å². The van der Waals surface area contributed by atoms with E-state index in [1.165, 1.54) is 20.0 Å². The summed E-state index contributed by atoms with van der Waals surface area (Å²) < 4.78 is 7.08. The molecule has 106 valence electrons. The van der Waals surface area contributed by atoms with Gasteiger partial charge in [0, 0.05) is 18.8 Å². The Balaban J connectivity index is 1.97. The first kappa shape index (κ1) is 14.1. The molecule has 1 aromatic heterocycles. The fourth-order valence-electron chi connectivity index (χ4n) is 2.24. The summed E-state index contributed by atoms with van der Waals surface area (Å²) in [5.74, 6) is 0.0663. The number of ether oxygens (including phenoxy) is 1. The molecule has 0 aromatic carbocycles. The molecule has 0 saturated heterocycles. The van der Waals surface area contributed by atoms with Crippen molar-refractivity contribution in [2.45, 2.75) is 51.7 Å². The summed E-state index contributed by atoms with van der Waals surface area (Å²) >= 11 is 0. The quantitative estimate of drug-likeness (QED) is 0.765. The minimum absolute atomic E-state index is 0.188. The molecule has 1 fully saturated rings. The lowest BCUT2D eigenvalue weighted by molar-refractivity contribution is -0.144. The predicted octanol–water partition coefficient (Wildman–Crippen LogP) is 1.90. The number of carbonyl (C=O) groups is 1. The maximum Gasteiger partial charge on any atom is 0.323 e. The van der Waals surface area contributed by atoms with E-state index in [1.54, 1.807) is 0 Å². The van der Waals surface area contributed by atoms with E-state index in [0.29, 0.717) is 12.6 Å². The van der Waals surface area contributed by atoms with E-state index in [9.17, 15) is 4.79 Å². The lowest BCUT2D eigenvalue weighted by Gasteiger charge is -2.22. The van der Waals surface area contributed by atoms with Crippen LogP contribution in [0.5, 0.6) is 0 Å². The zero-order valence-electron chi connectivity index (χ0n) is 11.9. The number of esters is 1. The van der Waals surface area contributed by atoms with Crippen LogP contribution in [0, 0.1) is 5.92 Å². The van der Waals surface area contributed by atoms with Crippen LogP contribution in [0.25, 0.3) is 0 Å². The van der Waals surface area contributed by atoms with E-state index in [-0.39, 0.29) is 17.9 Å². The summed E-state index contributed by atoms with van der Waals surface area (Å²) in [5.41, 5.74) is 1.14. The van der Waals surface area contributed by atoms with Crippen molar-refractivity contribution in [2.24, 2.45) is 5.92 Å². The van der Waals surface area contributed by atoms with Crippen LogP contribution in [0.3, 0.4) is 0 Å². The molecule has 19 heavy (non-hydrogen) atoms. The largest absolute Gasteiger partial charge is 0.468 e. The van der Waals surface area contributed by atoms with Gasteiger partial charge in [0.2, 0.25) is 0 Å². The summed E-state index contributed by atoms with van der Waals surface area (Å²) in [6.45, 7) is 4.80. The number of rotatable bonds is 7. The van der Waals surface area contributed by atoms with Gasteiger partial charge < -0.3 is 9.30 Å². The van der Waals surface area contributed by atoms with Crippen molar-refractivity contribution in [2.75, 3.05) is 7.11 Å². The highest BCUT2D eigenvalue weighted by Gasteiger charge is 2.27. The molecule has 0 amide bonds. The molecule has 5 heteroatoms. The average molecular weight is 265 g/mol. The van der Waals surface area contributed by atoms with Crippen LogP contribution in [0.4, 0.5) is 0 Å². The zero-order valence-corrected chi connectivity index (χ0v) is 11.9. The standard InChI is InChI=1S/C14H23N3O2/c1-4-10(2)13(14(18)19-3)16-8-12-7-15-9-17(12)11-5-6-11/h7,9-11,13,16H,4-6,8H2,1-3H3. The number of carbonyl (C=O) groups excluding carboxylic acids is 1. The van der Waals surface area contributed by atoms with Crippen molar-refractivity contribution in [3.8, 4) is 0 Å². The Hall–Kier alpha value is -1.36. The van der Waals surface area contributed by atoms with E-state index in [0.717, 1.165) is 12.1 Å². The summed E-state index contributed by atoms with van der Waals surface area (Å²) in [7, 11) is 1.44. The van der Waals surface area contributed by atoms with Crippen LogP contribution < -0.4 is 5.32 Å². The molecule has 0 spiro atoms. The van der Waals surface area contributed by atoms with Crippen molar-refractivity contribution in [1.82, 2.24) is 14.9 Å². The molecular formula is C14H23N3O2. The van der Waals surface area contributed by atoms with Gasteiger partial charge in [-0.15, -0.1) is 0 Å². The van der Waals surface area contributed by atoms with E-state index in [2.05, 4.69) is 28.7 Å². The monoisotopic (exact) mass is 265 g/mol. The third-order valence-corrected chi connectivity index (χ3v) is 3.86. The van der Waals surface area contributed by atoms with Crippen LogP contribution in [0.1, 0.15) is 44.8 Å².